The van der Waals surface area contributed by atoms with Crippen molar-refractivity contribution in [3.05, 3.63) is 59.2 Å². The van der Waals surface area contributed by atoms with Crippen LogP contribution in [0.3, 0.4) is 0 Å². The predicted octanol–water partition coefficient (Wildman–Crippen LogP) is 3.12. The number of amides is 3. The zero-order chi connectivity index (χ0) is 27.2. The van der Waals surface area contributed by atoms with Gasteiger partial charge in [-0.25, -0.2) is 4.79 Å². The number of carbonyl (C=O) groups is 3. The molecule has 3 rings (SSSR count). The van der Waals surface area contributed by atoms with Crippen LogP contribution in [0, 0.1) is 18.3 Å². The fourth-order valence-electron chi connectivity index (χ4n) is 4.14. The number of aryl methyl sites for hydroxylation is 1. The Hall–Kier alpha value is -3.90. The zero-order valence-corrected chi connectivity index (χ0v) is 21.7. The molecule has 1 aliphatic heterocycles. The van der Waals surface area contributed by atoms with Gasteiger partial charge < -0.3 is 25.8 Å². The molecule has 2 aromatic rings. The third-order valence-corrected chi connectivity index (χ3v) is 6.26. The van der Waals surface area contributed by atoms with Crippen LogP contribution >= 0.6 is 0 Å². The Balaban J connectivity index is 1.74. The monoisotopic (exact) mass is 506 g/mol. The average Bonchev–Trinajstić information content (AvgIpc) is 2.83. The second-order valence-corrected chi connectivity index (χ2v) is 10.3. The molecule has 37 heavy (non-hydrogen) atoms. The highest BCUT2D eigenvalue weighted by molar-refractivity contribution is 5.94. The maximum Gasteiger partial charge on any atom is 0.408 e. The maximum atomic E-state index is 13.4. The average molecular weight is 507 g/mol. The SMILES string of the molecule is Cc1ccc(-c2ccc(C[C@H](NC(=O)C3(NC(=O)OC(C)(C)C)CCOCC3)C(N)=O)cc2)cc1C#N. The number of benzene rings is 2. The molecule has 1 saturated heterocycles. The van der Waals surface area contributed by atoms with Crippen molar-refractivity contribution >= 4 is 17.9 Å². The number of alkyl carbamates (subject to hydrolysis) is 1. The number of nitrogens with zero attached hydrogens (tertiary/aromatic N) is 1. The van der Waals surface area contributed by atoms with Crippen molar-refractivity contribution < 1.29 is 23.9 Å². The molecule has 2 aromatic carbocycles. The van der Waals surface area contributed by atoms with Crippen LogP contribution in [0.5, 0.6) is 0 Å². The Labute approximate surface area is 217 Å². The number of nitrogens with two attached hydrogens (primary N) is 1. The molecule has 1 fully saturated rings. The largest absolute Gasteiger partial charge is 0.444 e. The van der Waals surface area contributed by atoms with E-state index in [2.05, 4.69) is 16.7 Å². The van der Waals surface area contributed by atoms with Gasteiger partial charge in [-0.05, 0) is 56.0 Å². The minimum Gasteiger partial charge on any atom is -0.444 e. The first-order valence-corrected chi connectivity index (χ1v) is 12.2. The van der Waals surface area contributed by atoms with Crippen LogP contribution in [0.4, 0.5) is 4.79 Å². The molecular formula is C28H34N4O5. The summed E-state index contributed by atoms with van der Waals surface area (Å²) in [4.78, 5) is 38.1. The molecular weight excluding hydrogens is 472 g/mol. The minimum absolute atomic E-state index is 0.178. The van der Waals surface area contributed by atoms with Gasteiger partial charge in [0.1, 0.15) is 17.2 Å². The van der Waals surface area contributed by atoms with Gasteiger partial charge >= 0.3 is 6.09 Å². The molecule has 0 aromatic heterocycles. The van der Waals surface area contributed by atoms with Gasteiger partial charge in [0.25, 0.3) is 0 Å². The van der Waals surface area contributed by atoms with Crippen LogP contribution in [0.1, 0.15) is 50.3 Å². The van der Waals surface area contributed by atoms with Crippen LogP contribution in [-0.4, -0.2) is 48.3 Å². The van der Waals surface area contributed by atoms with E-state index in [0.29, 0.717) is 5.56 Å². The number of primary amides is 1. The second kappa shape index (κ2) is 11.4. The number of nitrogens with one attached hydrogen (secondary N) is 2. The van der Waals surface area contributed by atoms with Crippen molar-refractivity contribution in [1.82, 2.24) is 10.6 Å². The fourth-order valence-corrected chi connectivity index (χ4v) is 4.14. The highest BCUT2D eigenvalue weighted by Gasteiger charge is 2.43. The Morgan fingerprint density at radius 3 is 2.30 bits per heavy atom. The van der Waals surface area contributed by atoms with Crippen molar-refractivity contribution in [1.29, 1.82) is 5.26 Å². The summed E-state index contributed by atoms with van der Waals surface area (Å²) in [5, 5.41) is 14.7. The number of nitriles is 1. The fraction of sp³-hybridized carbons (Fsp3) is 0.429. The molecule has 1 atom stereocenters. The van der Waals surface area contributed by atoms with Gasteiger partial charge in [-0.1, -0.05) is 36.4 Å². The van der Waals surface area contributed by atoms with E-state index in [0.717, 1.165) is 22.3 Å². The van der Waals surface area contributed by atoms with E-state index in [4.69, 9.17) is 15.2 Å². The van der Waals surface area contributed by atoms with E-state index < -0.39 is 35.1 Å². The van der Waals surface area contributed by atoms with Crippen LogP contribution < -0.4 is 16.4 Å². The van der Waals surface area contributed by atoms with Gasteiger partial charge in [0.05, 0.1) is 11.6 Å². The topological polar surface area (TPSA) is 144 Å². The smallest absolute Gasteiger partial charge is 0.408 e. The first-order chi connectivity index (χ1) is 17.4. The summed E-state index contributed by atoms with van der Waals surface area (Å²) < 4.78 is 10.7. The molecule has 3 amide bonds. The Morgan fingerprint density at radius 2 is 1.73 bits per heavy atom. The third kappa shape index (κ3) is 7.30. The van der Waals surface area contributed by atoms with Gasteiger partial charge in [0.2, 0.25) is 11.8 Å². The highest BCUT2D eigenvalue weighted by atomic mass is 16.6. The highest BCUT2D eigenvalue weighted by Crippen LogP contribution is 2.25. The number of rotatable bonds is 7. The third-order valence-electron chi connectivity index (χ3n) is 6.26. The summed E-state index contributed by atoms with van der Waals surface area (Å²) in [5.41, 5.74) is 7.77. The van der Waals surface area contributed by atoms with Crippen LogP contribution in [0.15, 0.2) is 42.5 Å². The number of carbonyl (C=O) groups excluding carboxylic acids is 3. The van der Waals surface area contributed by atoms with Gasteiger partial charge in [0.15, 0.2) is 0 Å². The Bertz CT molecular complexity index is 1190. The molecule has 0 unspecified atom stereocenters. The van der Waals surface area contributed by atoms with Crippen molar-refractivity contribution in [3.8, 4) is 17.2 Å². The lowest BCUT2D eigenvalue weighted by atomic mass is 9.88. The normalized spacial score (nSPS) is 15.6. The first-order valence-electron chi connectivity index (χ1n) is 12.2. The van der Waals surface area contributed by atoms with E-state index in [9.17, 15) is 19.6 Å². The van der Waals surface area contributed by atoms with Gasteiger partial charge in [-0.2, -0.15) is 5.26 Å². The summed E-state index contributed by atoms with van der Waals surface area (Å²) in [6.07, 6.45) is -0.0668. The van der Waals surface area contributed by atoms with E-state index in [1.54, 1.807) is 20.8 Å². The van der Waals surface area contributed by atoms with Crippen molar-refractivity contribution in [3.63, 3.8) is 0 Å². The minimum atomic E-state index is -1.28. The molecule has 0 bridgehead atoms. The lowest BCUT2D eigenvalue weighted by Crippen LogP contribution is -2.64. The summed E-state index contributed by atoms with van der Waals surface area (Å²) in [7, 11) is 0. The first kappa shape index (κ1) is 27.7. The molecule has 0 spiro atoms. The second-order valence-electron chi connectivity index (χ2n) is 10.3. The molecule has 0 saturated carbocycles. The Morgan fingerprint density at radius 1 is 1.11 bits per heavy atom. The van der Waals surface area contributed by atoms with E-state index in [1.807, 2.05) is 49.4 Å². The number of hydrogen-bond acceptors (Lipinski definition) is 6. The van der Waals surface area contributed by atoms with Gasteiger partial charge in [-0.15, -0.1) is 0 Å². The molecule has 1 heterocycles. The molecule has 0 radical (unpaired) electrons. The van der Waals surface area contributed by atoms with Gasteiger partial charge in [0, 0.05) is 32.5 Å². The van der Waals surface area contributed by atoms with Crippen LogP contribution in [0.25, 0.3) is 11.1 Å². The van der Waals surface area contributed by atoms with E-state index >= 15 is 0 Å². The summed E-state index contributed by atoms with van der Waals surface area (Å²) >= 11 is 0. The quantitative estimate of drug-likeness (QED) is 0.526. The predicted molar refractivity (Wildman–Crippen MR) is 138 cm³/mol. The van der Waals surface area contributed by atoms with Crippen LogP contribution in [-0.2, 0) is 25.5 Å². The standard InChI is InChI=1S/C28H34N4O5/c1-18-5-8-21(16-22(18)17-29)20-9-6-19(7-10-20)15-23(24(30)33)31-25(34)28(11-13-36-14-12-28)32-26(35)37-27(2,3)4/h5-10,16,23H,11-15H2,1-4H3,(H2,30,33)(H,31,34)(H,32,35)/t23-/m0/s1. The van der Waals surface area contributed by atoms with Gasteiger partial charge in [-0.3, -0.25) is 9.59 Å². The summed E-state index contributed by atoms with van der Waals surface area (Å²) in [5.74, 6) is -1.19. The summed E-state index contributed by atoms with van der Waals surface area (Å²) in [6, 6.07) is 14.4. The maximum absolute atomic E-state index is 13.4. The van der Waals surface area contributed by atoms with Crippen molar-refractivity contribution in [2.24, 2.45) is 5.73 Å². The molecule has 196 valence electrons. The lowest BCUT2D eigenvalue weighted by molar-refractivity contribution is -0.135. The summed E-state index contributed by atoms with van der Waals surface area (Å²) in [6.45, 7) is 7.64. The van der Waals surface area contributed by atoms with E-state index in [-0.39, 0.29) is 32.5 Å². The molecule has 4 N–H and O–H groups in total. The molecule has 9 nitrogen and oxygen atoms in total. The van der Waals surface area contributed by atoms with E-state index in [1.165, 1.54) is 0 Å². The number of hydrogen-bond donors (Lipinski definition) is 3. The Kier molecular flexibility index (Phi) is 8.56. The molecule has 0 aliphatic carbocycles. The zero-order valence-electron chi connectivity index (χ0n) is 21.7. The molecule has 9 heteroatoms. The van der Waals surface area contributed by atoms with Crippen molar-refractivity contribution in [2.75, 3.05) is 13.2 Å². The number of ether oxygens (including phenoxy) is 2. The van der Waals surface area contributed by atoms with Crippen molar-refractivity contribution in [2.45, 2.75) is 64.1 Å². The van der Waals surface area contributed by atoms with Crippen LogP contribution in [0.2, 0.25) is 0 Å². The lowest BCUT2D eigenvalue weighted by Gasteiger charge is -2.37. The molecule has 1 aliphatic rings.